The Hall–Kier alpha value is -12.6. The number of carboxylic acids is 1. The van der Waals surface area contributed by atoms with Gasteiger partial charge in [0.05, 0.1) is 108 Å². The molecule has 4 aromatic rings. The van der Waals surface area contributed by atoms with Crippen LogP contribution in [0.4, 0.5) is 32.3 Å². The first-order chi connectivity index (χ1) is 61.5. The van der Waals surface area contributed by atoms with Crippen molar-refractivity contribution < 1.29 is 120 Å². The predicted molar refractivity (Wildman–Crippen MR) is 467 cm³/mol. The number of hydrogen-bond donors (Lipinski definition) is 11. The maximum atomic E-state index is 14.8. The molecule has 39 nitrogen and oxygen atoms in total. The Bertz CT molecular complexity index is 4640. The van der Waals surface area contributed by atoms with E-state index in [1.165, 1.54) is 71.0 Å². The van der Waals surface area contributed by atoms with Gasteiger partial charge < -0.3 is 115 Å². The van der Waals surface area contributed by atoms with Crippen LogP contribution in [0.25, 0.3) is 0 Å². The average molecular weight is 1790 g/mol. The molecule has 0 aliphatic carbocycles. The summed E-state index contributed by atoms with van der Waals surface area (Å²) in [7, 11) is 5.90. The van der Waals surface area contributed by atoms with Gasteiger partial charge in [-0.3, -0.25) is 62.5 Å². The minimum atomic E-state index is -1.76. The zero-order valence-electron chi connectivity index (χ0n) is 74.0. The van der Waals surface area contributed by atoms with E-state index in [1.54, 1.807) is 77.6 Å². The van der Waals surface area contributed by atoms with Gasteiger partial charge in [0.25, 0.3) is 11.8 Å². The highest BCUT2D eigenvalue weighted by molar-refractivity contribution is 6.08. The summed E-state index contributed by atoms with van der Waals surface area (Å²) < 4.78 is 57.4. The molecule has 2 saturated heterocycles. The molecule has 11 N–H and O–H groups in total. The summed E-state index contributed by atoms with van der Waals surface area (Å²) in [6.45, 7) is 13.2. The number of benzene rings is 4. The van der Waals surface area contributed by atoms with Gasteiger partial charge in [0.2, 0.25) is 53.2 Å². The van der Waals surface area contributed by atoms with Crippen molar-refractivity contribution in [1.29, 1.82) is 0 Å². The van der Waals surface area contributed by atoms with Gasteiger partial charge >= 0.3 is 18.2 Å². The lowest BCUT2D eigenvalue weighted by Gasteiger charge is -2.33. The molecular formula is C89H120N14O25. The first kappa shape index (κ1) is 99.2. The van der Waals surface area contributed by atoms with Crippen LogP contribution in [0, 0.1) is 0 Å². The van der Waals surface area contributed by atoms with Gasteiger partial charge in [-0.1, -0.05) is 30.8 Å². The third-order valence-corrected chi connectivity index (χ3v) is 22.3. The molecule has 4 aromatic carbocycles. The number of hydrogen-bond acceptors (Lipinski definition) is 25. The third-order valence-electron chi connectivity index (χ3n) is 22.3. The van der Waals surface area contributed by atoms with Gasteiger partial charge in [0, 0.05) is 107 Å². The highest BCUT2D eigenvalue weighted by atomic mass is 16.6. The number of ether oxygens (including phenoxy) is 10. The van der Waals surface area contributed by atoms with Crippen LogP contribution in [-0.2, 0) is 89.6 Å². The van der Waals surface area contributed by atoms with Crippen LogP contribution in [0.2, 0.25) is 0 Å². The van der Waals surface area contributed by atoms with Crippen LogP contribution in [0.3, 0.4) is 0 Å². The van der Waals surface area contributed by atoms with Gasteiger partial charge in [0.1, 0.15) is 50.0 Å². The van der Waals surface area contributed by atoms with Crippen LogP contribution < -0.4 is 81.9 Å². The molecule has 2 fully saturated rings. The molecule has 0 radical (unpaired) electrons. The van der Waals surface area contributed by atoms with Gasteiger partial charge in [-0.25, -0.2) is 14.4 Å². The van der Waals surface area contributed by atoms with Crippen molar-refractivity contribution in [2.24, 2.45) is 0 Å². The van der Waals surface area contributed by atoms with E-state index >= 15 is 0 Å². The first-order valence-corrected chi connectivity index (χ1v) is 43.0. The lowest BCUT2D eigenvalue weighted by Crippen LogP contribution is -2.56. The van der Waals surface area contributed by atoms with Crippen molar-refractivity contribution in [3.63, 3.8) is 0 Å². The number of unbranched alkanes of at least 4 members (excludes halogenated alkanes) is 2. The minimum Gasteiger partial charge on any atom is -0.493 e. The number of anilines is 4. The molecule has 8 atom stereocenters. The first-order valence-electron chi connectivity index (χ1n) is 43.0. The zero-order chi connectivity index (χ0) is 92.5. The number of aliphatic carboxylic acids is 1. The van der Waals surface area contributed by atoms with E-state index in [1.807, 2.05) is 6.92 Å². The van der Waals surface area contributed by atoms with E-state index in [9.17, 15) is 72.2 Å². The largest absolute Gasteiger partial charge is 0.493 e. The Morgan fingerprint density at radius 3 is 1.64 bits per heavy atom. The Kier molecular flexibility index (Phi) is 38.3. The van der Waals surface area contributed by atoms with Crippen molar-refractivity contribution in [3.8, 4) is 23.0 Å². The number of methoxy groups -OCH3 is 4. The van der Waals surface area contributed by atoms with Crippen molar-refractivity contribution >= 4 is 106 Å². The van der Waals surface area contributed by atoms with E-state index in [2.05, 4.69) is 59.7 Å². The van der Waals surface area contributed by atoms with E-state index in [4.69, 9.17) is 47.4 Å². The number of nitrogens with one attached hydrogen (secondary N) is 10. The summed E-state index contributed by atoms with van der Waals surface area (Å²) in [5.41, 5.74) is 2.61. The summed E-state index contributed by atoms with van der Waals surface area (Å²) in [6.07, 6.45) is 1.57. The Labute approximate surface area is 743 Å². The topological polar surface area (TPSA) is 485 Å². The van der Waals surface area contributed by atoms with Crippen LogP contribution in [0.15, 0.2) is 96.2 Å². The van der Waals surface area contributed by atoms with E-state index in [0.29, 0.717) is 94.6 Å². The third kappa shape index (κ3) is 28.4. The van der Waals surface area contributed by atoms with Gasteiger partial charge in [-0.15, -0.1) is 0 Å². The number of carbonyl (C=O) groups excluding carboxylic acids is 13. The fourth-order valence-corrected chi connectivity index (χ4v) is 15.0. The quantitative estimate of drug-likeness (QED) is 0.0229. The normalized spacial score (nSPS) is 20.9. The number of rotatable bonds is 30. The lowest BCUT2D eigenvalue weighted by atomic mass is 10.1. The SMILES string of the molecule is C=C(COCCOC)NCCCC[C@@H]1NC(=O)[C@H](C)NC(=O)[C@H](NC(=O)CCCNC(=O)C(C)=C(C)C(=O)O)CC(=O)N[C@@H](C)C(=O)N[C@@H](CCCCNC(=O)COCCOC)C(=O)Nc2ccc(cc2)COC(=O)N2C[C@@H]3CCCN3C(=O)c3cc(OC)c(cc32)OCCCOc2cc3c(cc2OC)C(=O)N2CCC[C@H]2C(C)N3C(=O)OCc2ccc(cc2)NC1=O. The molecule has 0 spiro atoms. The second-order valence-corrected chi connectivity index (χ2v) is 31.6. The summed E-state index contributed by atoms with van der Waals surface area (Å²) >= 11 is 0. The van der Waals surface area contributed by atoms with Crippen LogP contribution in [-0.4, -0.2) is 267 Å². The molecular weight excluding hydrogens is 1670 g/mol. The smallest absolute Gasteiger partial charge is 0.414 e. The van der Waals surface area contributed by atoms with Crippen LogP contribution in [0.5, 0.6) is 23.0 Å². The van der Waals surface area contributed by atoms with Crippen molar-refractivity contribution in [1.82, 2.24) is 52.3 Å². The number of fused-ring (bicyclic) bond motifs is 2. The lowest BCUT2D eigenvalue weighted by molar-refractivity contribution is -0.135. The fraction of sp³-hybridized carbons (Fsp3) is 0.528. The molecule has 0 aromatic heterocycles. The number of amides is 13. The van der Waals surface area contributed by atoms with Crippen molar-refractivity contribution in [2.45, 2.75) is 186 Å². The number of nitrogens with zero attached hydrogens (tertiary/aromatic N) is 4. The van der Waals surface area contributed by atoms with Crippen molar-refractivity contribution in [2.75, 3.05) is 141 Å². The average Bonchev–Trinajstić information content (AvgIpc) is 1.58. The molecule has 13 amide bonds. The maximum absolute atomic E-state index is 14.8. The highest BCUT2D eigenvalue weighted by Gasteiger charge is 2.45. The predicted octanol–water partition coefficient (Wildman–Crippen LogP) is 5.41. The molecule has 0 saturated carbocycles. The van der Waals surface area contributed by atoms with Crippen molar-refractivity contribution in [3.05, 3.63) is 118 Å². The van der Waals surface area contributed by atoms with Gasteiger partial charge in [-0.2, -0.15) is 0 Å². The second kappa shape index (κ2) is 49.5. The maximum Gasteiger partial charge on any atom is 0.414 e. The van der Waals surface area contributed by atoms with Crippen LogP contribution >= 0.6 is 0 Å². The van der Waals surface area contributed by atoms with E-state index < -0.39 is 114 Å². The van der Waals surface area contributed by atoms with Gasteiger partial charge in [0.15, 0.2) is 23.0 Å². The molecule has 696 valence electrons. The molecule has 8 aliphatic heterocycles. The van der Waals surface area contributed by atoms with Gasteiger partial charge in [-0.05, 0) is 153 Å². The highest BCUT2D eigenvalue weighted by Crippen LogP contribution is 2.44. The zero-order valence-corrected chi connectivity index (χ0v) is 74.0. The molecule has 39 heteroatoms. The van der Waals surface area contributed by atoms with Crippen LogP contribution in [0.1, 0.15) is 156 Å². The Balaban J connectivity index is 0.999. The minimum absolute atomic E-state index is 0.00405. The van der Waals surface area contributed by atoms with E-state index in [0.717, 1.165) is 0 Å². The Morgan fingerprint density at radius 1 is 0.539 bits per heavy atom. The summed E-state index contributed by atoms with van der Waals surface area (Å²) in [5.74, 6) is -8.14. The molecule has 8 aliphatic rings. The second-order valence-electron chi connectivity index (χ2n) is 31.6. The molecule has 8 bridgehead atoms. The summed E-state index contributed by atoms with van der Waals surface area (Å²) in [4.78, 5) is 202. The number of carboxylic acid groups (broad SMARTS) is 1. The standard InChI is InChI=1S/C89H120N14O25/c1-53(49-123-41-39-119-7)90-32-13-11-20-67-83(111)96-62-30-26-60(27-31-62)51-128-89(118)103-58(6)69-22-17-36-101(69)86(114)65-44-73(122-10)75(47-71(65)103)126-38-18-37-125-74-46-70-64(43-72(74)121-9)85(113)100-35-16-19-63(100)48-102(70)88(117)127-50-59-24-28-61(29-25-59)95-82(110)66(21-12-14-33-91-78(106)52-124-42-40-120-8)98-80(108)56(4)93-77(105)45-68(84(112)94-57(5)81(109)99-67)97-76(104)23-15-34-92-79(107)54(2)55(3)87(115)116/h24-31,43-44,46-47,56-58,63,66-69,90H,1,11-23,32-42,45,48-52H2,2-10H3,(H,91,106)(H,92,107)(H,93,105)(H,94,112)(H,95,110)(H,96,111)(H,97,104)(H,98,108)(H,99,109)(H,115,116)/t56-,57-,58?,63-,66-,67-,68+,69-/m0/s1. The van der Waals surface area contributed by atoms with E-state index in [-0.39, 0.29) is 203 Å². The molecule has 128 heavy (non-hydrogen) atoms. The molecule has 12 rings (SSSR count). The molecule has 1 unspecified atom stereocenters. The summed E-state index contributed by atoms with van der Waals surface area (Å²) in [5, 5.41) is 36.5. The monoisotopic (exact) mass is 1780 g/mol. The number of carbonyl (C=O) groups is 14. The fourth-order valence-electron chi connectivity index (χ4n) is 15.0. The Morgan fingerprint density at radius 2 is 1.06 bits per heavy atom. The molecule has 8 heterocycles. The summed E-state index contributed by atoms with van der Waals surface area (Å²) in [6, 6.07) is 10.4.